The molecule has 0 radical (unpaired) electrons. The molecule has 0 aliphatic heterocycles. The van der Waals surface area contributed by atoms with Crippen LogP contribution in [-0.2, 0) is 0 Å². The average molecular weight is 207 g/mol. The Morgan fingerprint density at radius 3 is 2.71 bits per heavy atom. The Labute approximate surface area is 90.5 Å². The van der Waals surface area contributed by atoms with Crippen LogP contribution in [0.15, 0.2) is 6.07 Å². The van der Waals surface area contributed by atoms with Crippen molar-refractivity contribution in [3.8, 4) is 11.8 Å². The summed E-state index contributed by atoms with van der Waals surface area (Å²) in [5, 5.41) is 3.39. The van der Waals surface area contributed by atoms with Crippen LogP contribution in [0.3, 0.4) is 0 Å². The van der Waals surface area contributed by atoms with E-state index in [-0.39, 0.29) is 0 Å². The monoisotopic (exact) mass is 207 g/mol. The fourth-order valence-corrected chi connectivity index (χ4v) is 2.51. The van der Waals surface area contributed by atoms with Crippen molar-refractivity contribution in [3.05, 3.63) is 21.4 Å². The second-order valence-corrected chi connectivity index (χ2v) is 4.86. The minimum atomic E-state index is 0.404. The lowest BCUT2D eigenvalue weighted by Gasteiger charge is -2.11. The molecular weight excluding hydrogens is 190 g/mol. The van der Waals surface area contributed by atoms with Gasteiger partial charge < -0.3 is 0 Å². The van der Waals surface area contributed by atoms with E-state index < -0.39 is 0 Å². The molecule has 0 spiro atoms. The maximum atomic E-state index is 3.39. The van der Waals surface area contributed by atoms with E-state index in [0.29, 0.717) is 6.04 Å². The smallest absolute Gasteiger partial charge is 0.0581 e. The number of aryl methyl sites for hydroxylation is 2. The molecule has 1 N–H and O–H groups in total. The highest BCUT2D eigenvalue weighted by molar-refractivity contribution is 7.12. The van der Waals surface area contributed by atoms with Gasteiger partial charge in [-0.3, -0.25) is 5.32 Å². The first-order valence-corrected chi connectivity index (χ1v) is 5.66. The third-order valence-electron chi connectivity index (χ3n) is 2.22. The molecule has 0 aromatic carbocycles. The Balaban J connectivity index is 2.62. The van der Waals surface area contributed by atoms with Gasteiger partial charge in [-0.1, -0.05) is 5.92 Å². The van der Waals surface area contributed by atoms with Gasteiger partial charge in [0.25, 0.3) is 0 Å². The first-order valence-electron chi connectivity index (χ1n) is 4.85. The summed E-state index contributed by atoms with van der Waals surface area (Å²) in [5.74, 6) is 5.90. The largest absolute Gasteiger partial charge is 0.300 e. The molecule has 0 bridgehead atoms. The molecule has 1 nitrogen and oxygen atoms in total. The van der Waals surface area contributed by atoms with Crippen molar-refractivity contribution in [2.45, 2.75) is 33.7 Å². The number of nitrogens with one attached hydrogen (secondary N) is 1. The summed E-state index contributed by atoms with van der Waals surface area (Å²) in [7, 11) is 0. The van der Waals surface area contributed by atoms with Gasteiger partial charge in [0.2, 0.25) is 0 Å². The molecule has 76 valence electrons. The van der Waals surface area contributed by atoms with E-state index >= 15 is 0 Å². The molecule has 1 aromatic heterocycles. The standard InChI is InChI=1S/C12H17NS/c1-5-6-7-13-10(3)12-8-9(2)14-11(12)4/h8,10,13H,7H2,1-4H3. The van der Waals surface area contributed by atoms with Crippen molar-refractivity contribution < 1.29 is 0 Å². The Morgan fingerprint density at radius 1 is 1.50 bits per heavy atom. The van der Waals surface area contributed by atoms with Crippen molar-refractivity contribution in [3.63, 3.8) is 0 Å². The third kappa shape index (κ3) is 2.87. The van der Waals surface area contributed by atoms with Gasteiger partial charge in [0, 0.05) is 15.8 Å². The maximum absolute atomic E-state index is 3.39. The van der Waals surface area contributed by atoms with Crippen molar-refractivity contribution in [1.82, 2.24) is 5.32 Å². The molecule has 1 aromatic rings. The van der Waals surface area contributed by atoms with E-state index in [4.69, 9.17) is 0 Å². The van der Waals surface area contributed by atoms with Crippen LogP contribution in [0.4, 0.5) is 0 Å². The van der Waals surface area contributed by atoms with Crippen LogP contribution in [0.1, 0.15) is 35.2 Å². The van der Waals surface area contributed by atoms with E-state index in [2.05, 4.69) is 44.0 Å². The van der Waals surface area contributed by atoms with Gasteiger partial charge >= 0.3 is 0 Å². The zero-order chi connectivity index (χ0) is 10.6. The fourth-order valence-electron chi connectivity index (χ4n) is 1.48. The van der Waals surface area contributed by atoms with Crippen LogP contribution in [0.25, 0.3) is 0 Å². The predicted molar refractivity (Wildman–Crippen MR) is 63.7 cm³/mol. The summed E-state index contributed by atoms with van der Waals surface area (Å²) in [4.78, 5) is 2.79. The highest BCUT2D eigenvalue weighted by Crippen LogP contribution is 2.25. The Bertz CT molecular complexity index is 354. The van der Waals surface area contributed by atoms with Gasteiger partial charge in [-0.2, -0.15) is 0 Å². The summed E-state index contributed by atoms with van der Waals surface area (Å²) < 4.78 is 0. The van der Waals surface area contributed by atoms with Gasteiger partial charge in [0.1, 0.15) is 0 Å². The number of hydrogen-bond acceptors (Lipinski definition) is 2. The van der Waals surface area contributed by atoms with Crippen LogP contribution in [0, 0.1) is 25.7 Å². The first kappa shape index (κ1) is 11.3. The van der Waals surface area contributed by atoms with Crippen molar-refractivity contribution in [2.24, 2.45) is 0 Å². The van der Waals surface area contributed by atoms with E-state index in [9.17, 15) is 0 Å². The van der Waals surface area contributed by atoms with Crippen LogP contribution in [0.5, 0.6) is 0 Å². The predicted octanol–water partition coefficient (Wildman–Crippen LogP) is 3.04. The van der Waals surface area contributed by atoms with E-state index in [1.54, 1.807) is 0 Å². The summed E-state index contributed by atoms with van der Waals surface area (Å²) in [5.41, 5.74) is 1.41. The lowest BCUT2D eigenvalue weighted by molar-refractivity contribution is 0.622. The SMILES string of the molecule is CC#CCNC(C)c1cc(C)sc1C. The van der Waals surface area contributed by atoms with Crippen LogP contribution in [-0.4, -0.2) is 6.54 Å². The molecule has 0 saturated carbocycles. The van der Waals surface area contributed by atoms with Crippen LogP contribution >= 0.6 is 11.3 Å². The lowest BCUT2D eigenvalue weighted by atomic mass is 10.1. The Kier molecular flexibility index (Phi) is 4.19. The molecule has 0 aliphatic rings. The molecular formula is C12H17NS. The molecule has 1 heterocycles. The van der Waals surface area contributed by atoms with Crippen LogP contribution < -0.4 is 5.32 Å². The molecule has 1 atom stereocenters. The van der Waals surface area contributed by atoms with Gasteiger partial charge in [0.05, 0.1) is 6.54 Å². The van der Waals surface area contributed by atoms with Crippen molar-refractivity contribution in [1.29, 1.82) is 0 Å². The second-order valence-electron chi connectivity index (χ2n) is 3.40. The highest BCUT2D eigenvalue weighted by Gasteiger charge is 2.09. The molecule has 14 heavy (non-hydrogen) atoms. The zero-order valence-electron chi connectivity index (χ0n) is 9.27. The summed E-state index contributed by atoms with van der Waals surface area (Å²) in [6.45, 7) is 9.15. The quantitative estimate of drug-likeness (QED) is 0.751. The first-order chi connectivity index (χ1) is 6.65. The normalized spacial score (nSPS) is 12.0. The average Bonchev–Trinajstić information content (AvgIpc) is 2.45. The molecule has 1 rings (SSSR count). The highest BCUT2D eigenvalue weighted by atomic mass is 32.1. The Morgan fingerprint density at radius 2 is 2.21 bits per heavy atom. The Hall–Kier alpha value is -0.780. The molecule has 0 saturated heterocycles. The lowest BCUT2D eigenvalue weighted by Crippen LogP contribution is -2.18. The maximum Gasteiger partial charge on any atom is 0.0581 e. The van der Waals surface area contributed by atoms with E-state index in [1.807, 2.05) is 18.3 Å². The van der Waals surface area contributed by atoms with Gasteiger partial charge in [-0.05, 0) is 39.3 Å². The molecule has 0 amide bonds. The van der Waals surface area contributed by atoms with E-state index in [1.165, 1.54) is 15.3 Å². The van der Waals surface area contributed by atoms with Gasteiger partial charge in [-0.25, -0.2) is 0 Å². The molecule has 0 fully saturated rings. The fraction of sp³-hybridized carbons (Fsp3) is 0.500. The number of hydrogen-bond donors (Lipinski definition) is 1. The van der Waals surface area contributed by atoms with Crippen molar-refractivity contribution >= 4 is 11.3 Å². The minimum absolute atomic E-state index is 0.404. The van der Waals surface area contributed by atoms with Gasteiger partial charge in [0.15, 0.2) is 0 Å². The third-order valence-corrected chi connectivity index (χ3v) is 3.20. The number of rotatable bonds is 3. The summed E-state index contributed by atoms with van der Waals surface area (Å²) >= 11 is 1.86. The minimum Gasteiger partial charge on any atom is -0.300 e. The van der Waals surface area contributed by atoms with Gasteiger partial charge in [-0.15, -0.1) is 17.3 Å². The van der Waals surface area contributed by atoms with Crippen LogP contribution in [0.2, 0.25) is 0 Å². The molecule has 2 heteroatoms. The summed E-state index contributed by atoms with van der Waals surface area (Å²) in [6.07, 6.45) is 0. The second kappa shape index (κ2) is 5.19. The van der Waals surface area contributed by atoms with E-state index in [0.717, 1.165) is 6.54 Å². The zero-order valence-corrected chi connectivity index (χ0v) is 10.1. The molecule has 1 unspecified atom stereocenters. The van der Waals surface area contributed by atoms with Crippen molar-refractivity contribution in [2.75, 3.05) is 6.54 Å². The summed E-state index contributed by atoms with van der Waals surface area (Å²) in [6, 6.07) is 2.66. The molecule has 0 aliphatic carbocycles. The number of thiophene rings is 1. The topological polar surface area (TPSA) is 12.0 Å².